The van der Waals surface area contributed by atoms with Crippen molar-refractivity contribution in [3.05, 3.63) is 78.5 Å². The normalized spacial score (nSPS) is 15.4. The molecule has 0 saturated carbocycles. The summed E-state index contributed by atoms with van der Waals surface area (Å²) in [5, 5.41) is 12.0. The fraction of sp³-hybridized carbons (Fsp3) is 0.208. The fourth-order valence-electron chi connectivity index (χ4n) is 3.73. The molecule has 9 nitrogen and oxygen atoms in total. The molecule has 1 amide bonds. The van der Waals surface area contributed by atoms with Crippen molar-refractivity contribution in [2.45, 2.75) is 18.9 Å². The number of hydrogen-bond donors (Lipinski definition) is 3. The van der Waals surface area contributed by atoms with Crippen molar-refractivity contribution in [2.75, 3.05) is 24.1 Å². The summed E-state index contributed by atoms with van der Waals surface area (Å²) in [6, 6.07) is 8.83. The third kappa shape index (κ3) is 5.17. The number of benzene rings is 1. The highest BCUT2D eigenvalue weighted by atomic mass is 19.1. The van der Waals surface area contributed by atoms with Crippen LogP contribution < -0.4 is 15.8 Å². The molecule has 0 aliphatic carbocycles. The van der Waals surface area contributed by atoms with Crippen molar-refractivity contribution in [3.8, 4) is 11.6 Å². The van der Waals surface area contributed by atoms with E-state index in [1.807, 2.05) is 0 Å². The Labute approximate surface area is 196 Å². The molecule has 0 unspecified atom stereocenters. The average molecular weight is 462 g/mol. The van der Waals surface area contributed by atoms with Crippen LogP contribution in [0.4, 0.5) is 16.0 Å². The molecular weight excluding hydrogens is 437 g/mol. The molecule has 4 N–H and O–H groups in total. The smallest absolute Gasteiger partial charge is 0.246 e. The van der Waals surface area contributed by atoms with Gasteiger partial charge >= 0.3 is 0 Å². The summed E-state index contributed by atoms with van der Waals surface area (Å²) >= 11 is 0. The van der Waals surface area contributed by atoms with Gasteiger partial charge in [0.2, 0.25) is 11.8 Å². The van der Waals surface area contributed by atoms with Gasteiger partial charge in [-0.2, -0.15) is 0 Å². The molecule has 34 heavy (non-hydrogen) atoms. The minimum atomic E-state index is -0.357. The maximum Gasteiger partial charge on any atom is 0.246 e. The molecule has 1 aromatic carbocycles. The highest BCUT2D eigenvalue weighted by Gasteiger charge is 2.25. The van der Waals surface area contributed by atoms with Gasteiger partial charge in [0.15, 0.2) is 0 Å². The number of pyridine rings is 1. The second-order valence-corrected chi connectivity index (χ2v) is 7.77. The molecule has 3 aromatic rings. The third-order valence-electron chi connectivity index (χ3n) is 5.44. The van der Waals surface area contributed by atoms with Gasteiger partial charge in [0, 0.05) is 37.0 Å². The number of carbonyl (C=O) groups is 1. The van der Waals surface area contributed by atoms with E-state index >= 15 is 0 Å². The van der Waals surface area contributed by atoms with Crippen LogP contribution in [0.15, 0.2) is 61.6 Å². The van der Waals surface area contributed by atoms with Gasteiger partial charge < -0.3 is 20.7 Å². The quantitative estimate of drug-likeness (QED) is 0.363. The van der Waals surface area contributed by atoms with Crippen LogP contribution in [0.25, 0.3) is 0 Å². The average Bonchev–Trinajstić information content (AvgIpc) is 2.85. The number of nitrogens with one attached hydrogen (secondary N) is 2. The number of likely N-dealkylation sites (tertiary alicyclic amines) is 1. The van der Waals surface area contributed by atoms with Crippen LogP contribution in [0, 0.1) is 11.2 Å². The Morgan fingerprint density at radius 1 is 1.24 bits per heavy atom. The van der Waals surface area contributed by atoms with Crippen LogP contribution in [-0.2, 0) is 4.79 Å². The number of nitrogen functional groups attached to an aromatic ring is 1. The standard InChI is InChI=1S/C24H24FN7O2/c1-2-20(33)32-11-3-4-17(13-32)31-24-21(23(27)29-14-30-24)22(26)15-5-10-19(28-12-15)34-18-8-6-16(25)7-9-18/h2,5-10,12,14,17,26H,1,3-4,11,13H2,(H3,27,29,30,31)/t17-/m1/s1. The Bertz CT molecular complexity index is 1200. The number of anilines is 2. The fourth-order valence-corrected chi connectivity index (χ4v) is 3.73. The van der Waals surface area contributed by atoms with Crippen LogP contribution in [0.1, 0.15) is 24.0 Å². The van der Waals surface area contributed by atoms with Crippen molar-refractivity contribution in [1.29, 1.82) is 5.41 Å². The summed E-state index contributed by atoms with van der Waals surface area (Å²) in [5.41, 5.74) is 7.05. The molecule has 2 aromatic heterocycles. The number of nitrogens with zero attached hydrogens (tertiary/aromatic N) is 4. The SMILES string of the molecule is C=CC(=O)N1CCC[C@@H](Nc2ncnc(N)c2C(=N)c2ccc(Oc3ccc(F)cc3)nc2)C1. The van der Waals surface area contributed by atoms with Crippen molar-refractivity contribution in [1.82, 2.24) is 19.9 Å². The molecule has 0 radical (unpaired) electrons. The van der Waals surface area contributed by atoms with Crippen LogP contribution in [-0.4, -0.2) is 50.6 Å². The van der Waals surface area contributed by atoms with Crippen molar-refractivity contribution in [2.24, 2.45) is 0 Å². The predicted molar refractivity (Wildman–Crippen MR) is 127 cm³/mol. The van der Waals surface area contributed by atoms with Crippen LogP contribution in [0.3, 0.4) is 0 Å². The number of ether oxygens (including phenoxy) is 1. The van der Waals surface area contributed by atoms with Gasteiger partial charge in [-0.3, -0.25) is 10.2 Å². The topological polar surface area (TPSA) is 130 Å². The number of rotatable bonds is 7. The van der Waals surface area contributed by atoms with Crippen LogP contribution in [0.5, 0.6) is 11.6 Å². The van der Waals surface area contributed by atoms with Crippen molar-refractivity contribution < 1.29 is 13.9 Å². The highest BCUT2D eigenvalue weighted by molar-refractivity contribution is 6.16. The molecule has 174 valence electrons. The maximum absolute atomic E-state index is 13.1. The lowest BCUT2D eigenvalue weighted by atomic mass is 10.0. The van der Waals surface area contributed by atoms with E-state index in [-0.39, 0.29) is 29.3 Å². The van der Waals surface area contributed by atoms with Crippen molar-refractivity contribution in [3.63, 3.8) is 0 Å². The number of hydrogen-bond acceptors (Lipinski definition) is 8. The van der Waals surface area contributed by atoms with Gasteiger partial charge in [-0.15, -0.1) is 0 Å². The summed E-state index contributed by atoms with van der Waals surface area (Å²) in [4.78, 5) is 26.3. The molecule has 1 atom stereocenters. The summed E-state index contributed by atoms with van der Waals surface area (Å²) in [7, 11) is 0. The molecule has 1 aliphatic rings. The first-order chi connectivity index (χ1) is 16.4. The molecule has 1 aliphatic heterocycles. The lowest BCUT2D eigenvalue weighted by molar-refractivity contribution is -0.127. The van der Waals surface area contributed by atoms with E-state index in [0.29, 0.717) is 41.7 Å². The van der Waals surface area contributed by atoms with E-state index in [9.17, 15) is 9.18 Å². The molecule has 0 bridgehead atoms. The van der Waals surface area contributed by atoms with E-state index in [0.717, 1.165) is 12.8 Å². The van der Waals surface area contributed by atoms with Crippen LogP contribution in [0.2, 0.25) is 0 Å². The molecule has 1 fully saturated rings. The third-order valence-corrected chi connectivity index (χ3v) is 5.44. The monoisotopic (exact) mass is 461 g/mol. The Hall–Kier alpha value is -4.34. The predicted octanol–water partition coefficient (Wildman–Crippen LogP) is 3.39. The van der Waals surface area contributed by atoms with Gasteiger partial charge in [-0.25, -0.2) is 19.3 Å². The number of nitrogens with two attached hydrogens (primary N) is 1. The van der Waals surface area contributed by atoms with E-state index in [2.05, 4.69) is 26.8 Å². The molecule has 3 heterocycles. The Morgan fingerprint density at radius 3 is 2.74 bits per heavy atom. The second kappa shape index (κ2) is 10.1. The molecular formula is C24H24FN7O2. The zero-order chi connectivity index (χ0) is 24.1. The number of aromatic nitrogens is 3. The maximum atomic E-state index is 13.1. The zero-order valence-corrected chi connectivity index (χ0v) is 18.4. The number of halogens is 1. The number of piperidine rings is 1. The van der Waals surface area contributed by atoms with Crippen LogP contribution >= 0.6 is 0 Å². The zero-order valence-electron chi connectivity index (χ0n) is 18.4. The summed E-state index contributed by atoms with van der Waals surface area (Å²) < 4.78 is 18.7. The summed E-state index contributed by atoms with van der Waals surface area (Å²) in [6.07, 6.45) is 5.81. The summed E-state index contributed by atoms with van der Waals surface area (Å²) in [5.74, 6) is 0.847. The van der Waals surface area contributed by atoms with E-state index in [1.165, 1.54) is 42.9 Å². The Morgan fingerprint density at radius 2 is 2.03 bits per heavy atom. The van der Waals surface area contributed by atoms with Crippen molar-refractivity contribution >= 4 is 23.3 Å². The van der Waals surface area contributed by atoms with Gasteiger partial charge in [-0.1, -0.05) is 6.58 Å². The first-order valence-electron chi connectivity index (χ1n) is 10.7. The molecule has 0 spiro atoms. The van der Waals surface area contributed by atoms with Gasteiger partial charge in [0.1, 0.15) is 29.5 Å². The molecule has 10 heteroatoms. The van der Waals surface area contributed by atoms with E-state index in [4.69, 9.17) is 15.9 Å². The summed E-state index contributed by atoms with van der Waals surface area (Å²) in [6.45, 7) is 4.73. The van der Waals surface area contributed by atoms with Gasteiger partial charge in [0.25, 0.3) is 0 Å². The minimum absolute atomic E-state index is 0.0527. The second-order valence-electron chi connectivity index (χ2n) is 7.77. The first kappa shape index (κ1) is 22.8. The number of carbonyl (C=O) groups excluding carboxylic acids is 1. The van der Waals surface area contributed by atoms with E-state index < -0.39 is 0 Å². The molecule has 1 saturated heterocycles. The lowest BCUT2D eigenvalue weighted by Crippen LogP contribution is -2.44. The first-order valence-corrected chi connectivity index (χ1v) is 10.7. The van der Waals surface area contributed by atoms with E-state index in [1.54, 1.807) is 17.0 Å². The molecule has 4 rings (SSSR count). The lowest BCUT2D eigenvalue weighted by Gasteiger charge is -2.33. The van der Waals surface area contributed by atoms with Gasteiger partial charge in [0.05, 0.1) is 11.3 Å². The number of amides is 1. The Balaban J connectivity index is 1.51. The highest BCUT2D eigenvalue weighted by Crippen LogP contribution is 2.25. The minimum Gasteiger partial charge on any atom is -0.439 e. The largest absolute Gasteiger partial charge is 0.439 e. The van der Waals surface area contributed by atoms with Gasteiger partial charge in [-0.05, 0) is 49.2 Å². The Kier molecular flexibility index (Phi) is 6.77.